The van der Waals surface area contributed by atoms with E-state index in [9.17, 15) is 9.90 Å². The zero-order valence-corrected chi connectivity index (χ0v) is 88.8. The molecule has 31 nitrogen and oxygen atoms in total. The molecule has 1 aliphatic carbocycles. The molecule has 0 bridgehead atoms. The van der Waals surface area contributed by atoms with Crippen molar-refractivity contribution in [3.05, 3.63) is 174 Å². The Balaban J connectivity index is 0.000000119. The van der Waals surface area contributed by atoms with Gasteiger partial charge in [0, 0.05) is 216 Å². The first-order valence-corrected chi connectivity index (χ1v) is 55.7. The second kappa shape index (κ2) is 50.9. The number of amidine groups is 10. The van der Waals surface area contributed by atoms with Gasteiger partial charge < -0.3 is 72.5 Å². The number of nitrogens with two attached hydrogens (primary N) is 5. The van der Waals surface area contributed by atoms with Gasteiger partial charge in [0.2, 0.25) is 0 Å². The lowest BCUT2D eigenvalue weighted by Crippen LogP contribution is -2.65. The molecule has 16 aliphatic heterocycles. The molecule has 0 radical (unpaired) electrons. The minimum absolute atomic E-state index is 0.211. The molecule has 145 heavy (non-hydrogen) atoms. The molecule has 0 spiro atoms. The highest BCUT2D eigenvalue weighted by atomic mass is 35.5. The van der Waals surface area contributed by atoms with E-state index in [2.05, 4.69) is 179 Å². The largest absolute Gasteiger partial charge is 0.392 e. The molecule has 784 valence electrons. The number of morpholine rings is 2. The van der Waals surface area contributed by atoms with Gasteiger partial charge in [-0.15, -0.1) is 51.0 Å². The quantitative estimate of drug-likeness (QED) is 0.0421. The zero-order chi connectivity index (χ0) is 101. The van der Waals surface area contributed by atoms with E-state index in [1.165, 1.54) is 66.5 Å². The number of ether oxygens (including phenoxy) is 3. The number of β-amino-alcohol motifs (C(OH)–C–C–N with tert-alkyl or cyclic N) is 1. The number of hydrogen-bond acceptors (Lipinski definition) is 31. The fourth-order valence-electron chi connectivity index (χ4n) is 25.0. The van der Waals surface area contributed by atoms with Gasteiger partial charge in [-0.3, -0.25) is 34.2 Å². The molecule has 5 aromatic carbocycles. The molecule has 0 aromatic heterocycles. The van der Waals surface area contributed by atoms with E-state index in [0.29, 0.717) is 147 Å². The molecule has 11 saturated heterocycles. The maximum absolute atomic E-state index is 12.9. The molecule has 1 saturated carbocycles. The molecule has 36 heteroatoms. The molecule has 5 aromatic rings. The number of carbonyl (C=O) groups is 1. The predicted molar refractivity (Wildman–Crippen MR) is 586 cm³/mol. The van der Waals surface area contributed by atoms with E-state index in [0.717, 1.165) is 293 Å². The second-order valence-corrected chi connectivity index (χ2v) is 45.7. The maximum Gasteiger partial charge on any atom is 0.162 e. The van der Waals surface area contributed by atoms with E-state index in [-0.39, 0.29) is 24.0 Å². The number of Topliss-reactive ketones (excluding diaryl/α,β-unsaturated/α-hetero) is 1. The highest BCUT2D eigenvalue weighted by molar-refractivity contribution is 6.31. The lowest BCUT2D eigenvalue weighted by molar-refractivity contribution is -0.143. The minimum atomic E-state index is -0.323. The van der Waals surface area contributed by atoms with Crippen LogP contribution >= 0.6 is 58.0 Å². The van der Waals surface area contributed by atoms with Gasteiger partial charge in [0.25, 0.3) is 0 Å². The van der Waals surface area contributed by atoms with E-state index in [4.69, 9.17) is 101 Å². The summed E-state index contributed by atoms with van der Waals surface area (Å²) in [6.45, 7) is 23.7. The van der Waals surface area contributed by atoms with Crippen molar-refractivity contribution in [1.82, 2.24) is 53.9 Å². The molecule has 2 unspecified atom stereocenters. The van der Waals surface area contributed by atoms with Crippen LogP contribution in [0.1, 0.15) is 189 Å². The highest BCUT2D eigenvalue weighted by Gasteiger charge is 2.49. The average molecular weight is 2080 g/mol. The number of aliphatic hydroxyl groups is 1. The van der Waals surface area contributed by atoms with Crippen molar-refractivity contribution in [1.29, 1.82) is 0 Å². The number of piperazine rings is 1. The first-order valence-electron chi connectivity index (χ1n) is 53.8. The van der Waals surface area contributed by atoms with Crippen LogP contribution in [0.4, 0.5) is 0 Å². The molecular formula is C109H153Cl5N26O5. The fourth-order valence-corrected chi connectivity index (χ4v) is 25.6. The normalized spacial score (nSPS) is 27.8. The number of aliphatic hydroxyl groups excluding tert-OH is 1. The highest BCUT2D eigenvalue weighted by Crippen LogP contribution is 2.49. The Labute approximate surface area is 882 Å². The fraction of sp³-hybridized carbons (Fsp3) is 0.624. The summed E-state index contributed by atoms with van der Waals surface area (Å²) in [4.78, 5) is 40.7. The Morgan fingerprint density at radius 2 is 0.690 bits per heavy atom. The summed E-state index contributed by atoms with van der Waals surface area (Å²) in [5.74, 6) is 10.9. The molecule has 22 rings (SSSR count). The van der Waals surface area contributed by atoms with Gasteiger partial charge in [-0.1, -0.05) is 133 Å². The summed E-state index contributed by atoms with van der Waals surface area (Å²) in [7, 11) is 1.84. The van der Waals surface area contributed by atoms with Crippen LogP contribution in [-0.2, 0) is 51.1 Å². The SMILES string of the molecule is CC(C)CCC(=O)[C@H]1CN(C2CCN(C3=NN=C(N)C3)CC2)[C@@H](Cc2ccc(Cl)cc2)CO1.CO[C@@H]1CC[C@H](Cc2ccc(Cl)cc2)N(C2CCN(C3=NN=C(N)C3)CC2)C1.NC1=NN=C(N2CCC(N3CC4CC4C[C@@H]3Cc3ccc(Cl)cc3)CC2)C1.NC1=NN=C(N2CCC(N3C[C@@H]4COCCN4C[C@@H]3Cc3ccc(Cl)cc3)CC2)C1.NC1=NN=C(N2CCC(N3C[C@H](O)CC[C@@H]3Cc3ccc(Cl)cc3)CC2)C1. The molecule has 12 fully saturated rings. The Hall–Kier alpha value is -8.48. The van der Waals surface area contributed by atoms with Crippen molar-refractivity contribution in [2.75, 3.05) is 138 Å². The Morgan fingerprint density at radius 3 is 1.05 bits per heavy atom. The lowest BCUT2D eigenvalue weighted by Gasteiger charge is -2.52. The number of fused-ring (bicyclic) bond motifs is 2. The third-order valence-electron chi connectivity index (χ3n) is 33.2. The molecule has 11 atom stereocenters. The smallest absolute Gasteiger partial charge is 0.162 e. The number of piperidine rings is 8. The minimum Gasteiger partial charge on any atom is -0.392 e. The Morgan fingerprint density at radius 1 is 0.359 bits per heavy atom. The van der Waals surface area contributed by atoms with Crippen LogP contribution in [0.15, 0.2) is 172 Å². The summed E-state index contributed by atoms with van der Waals surface area (Å²) < 4.78 is 17.7. The number of ketones is 1. The number of carbonyl (C=O) groups excluding carboxylic acids is 1. The number of methoxy groups -OCH3 is 1. The van der Waals surface area contributed by atoms with Crippen LogP contribution in [0.2, 0.25) is 25.1 Å². The molecule has 11 N–H and O–H groups in total. The summed E-state index contributed by atoms with van der Waals surface area (Å²) in [5.41, 5.74) is 35.7. The topological polar surface area (TPSA) is 354 Å². The summed E-state index contributed by atoms with van der Waals surface area (Å²) in [6.07, 6.45) is 28.3. The van der Waals surface area contributed by atoms with Crippen LogP contribution in [0.5, 0.6) is 0 Å². The van der Waals surface area contributed by atoms with Crippen molar-refractivity contribution < 1.29 is 24.1 Å². The van der Waals surface area contributed by atoms with Gasteiger partial charge in [-0.05, 0) is 247 Å². The van der Waals surface area contributed by atoms with Crippen LogP contribution < -0.4 is 28.7 Å². The first-order chi connectivity index (χ1) is 70.4. The molecular weight excluding hydrogens is 1930 g/mol. The van der Waals surface area contributed by atoms with Crippen molar-refractivity contribution in [3.8, 4) is 0 Å². The van der Waals surface area contributed by atoms with Gasteiger partial charge in [-0.25, -0.2) is 0 Å². The molecule has 17 aliphatic rings. The lowest BCUT2D eigenvalue weighted by atomic mass is 9.90. The predicted octanol–water partition coefficient (Wildman–Crippen LogP) is 13.6. The summed E-state index contributed by atoms with van der Waals surface area (Å²) >= 11 is 30.4. The zero-order valence-electron chi connectivity index (χ0n) is 85.1. The van der Waals surface area contributed by atoms with Gasteiger partial charge in [-0.2, -0.15) is 0 Å². The summed E-state index contributed by atoms with van der Waals surface area (Å²) in [6, 6.07) is 47.2. The summed E-state index contributed by atoms with van der Waals surface area (Å²) in [5, 5.41) is 55.4. The van der Waals surface area contributed by atoms with Crippen LogP contribution in [0.3, 0.4) is 0 Å². The monoisotopic (exact) mass is 2080 g/mol. The molecule has 16 heterocycles. The van der Waals surface area contributed by atoms with Gasteiger partial charge in [0.15, 0.2) is 5.78 Å². The first kappa shape index (κ1) is 106. The Kier molecular flexibility index (Phi) is 37.3. The standard InChI is InChI=1S/C25H36ClN5O2.C22H31ClN6O.C21H30ClN5O.C21H28ClN5.C20H28ClN5O/c1-17(2)3-8-22(32)23-15-31(21(16-33-23)13-18-4-6-19(26)7-5-18)20-9-11-30(12-10-20)25-14-24(27)28-29-25;23-17-3-1-16(2-4-17)11-19-13-28-9-10-30-15-20(28)14-29(19)18-5-7-27(8-6-18)22-12-21(24)25-26-22;1-28-19-7-6-18(12-15-2-4-16(22)5-3-15)27(14-19)17-8-10-26(11-9-17)21-13-20(23)24-25-21;22-17-3-1-14(2-4-17)9-19-11-15-10-16(15)13-27(19)18-5-7-26(8-6-18)21-12-20(23)24-25-21;21-15-3-1-14(2-4-15)11-17-5-6-18(27)13-26(17)16-7-9-25(10-8-16)20-12-19(22)23-24-20/h4-7,17,20-21,23H,3,8-16H2,1-2H3,(H2,27,28);1-4,18-20H,5-15H2,(H2,24,25);2-5,17-19H,6-14H2,1H3,(H2,23,24);1-4,15-16,18-19H,5-13H2,(H2,23,24);1-4,16-18,27H,5-13H2,(H2,22,23)/t21-,23+;19-,20+;18-,19-;15?,16?,19-;17-,18-/m00101/s1. The Bertz CT molecular complexity index is 5340. The van der Waals surface area contributed by atoms with E-state index in [1.807, 2.05) is 67.8 Å². The van der Waals surface area contributed by atoms with E-state index < -0.39 is 0 Å². The average Bonchev–Trinajstić information content (AvgIpc) is 1.66. The van der Waals surface area contributed by atoms with Crippen LogP contribution in [0, 0.1) is 17.8 Å². The van der Waals surface area contributed by atoms with Crippen molar-refractivity contribution >= 4 is 122 Å². The maximum atomic E-state index is 12.9. The van der Waals surface area contributed by atoms with Gasteiger partial charge in [0.05, 0.1) is 64.1 Å². The van der Waals surface area contributed by atoms with Crippen LogP contribution in [-0.4, -0.2) is 346 Å². The number of likely N-dealkylation sites (tertiary alicyclic amines) is 8. The number of rotatable bonds is 20. The van der Waals surface area contributed by atoms with Gasteiger partial charge in [0.1, 0.15) is 64.5 Å². The number of halogens is 5. The van der Waals surface area contributed by atoms with E-state index >= 15 is 0 Å². The third-order valence-corrected chi connectivity index (χ3v) is 34.5. The third kappa shape index (κ3) is 29.2. The van der Waals surface area contributed by atoms with E-state index in [1.54, 1.807) is 0 Å². The number of nitrogens with zero attached hydrogens (tertiary/aromatic N) is 21. The van der Waals surface area contributed by atoms with Crippen LogP contribution in [0.25, 0.3) is 0 Å². The number of benzene rings is 5. The van der Waals surface area contributed by atoms with Crippen molar-refractivity contribution in [3.63, 3.8) is 0 Å². The molecule has 0 amide bonds. The second-order valence-electron chi connectivity index (χ2n) is 43.5. The van der Waals surface area contributed by atoms with Gasteiger partial charge >= 0.3 is 0 Å². The number of hydrogen-bond donors (Lipinski definition) is 6. The van der Waals surface area contributed by atoms with Crippen molar-refractivity contribution in [2.45, 2.75) is 278 Å². The van der Waals surface area contributed by atoms with Crippen molar-refractivity contribution in [2.24, 2.45) is 97.4 Å².